The van der Waals surface area contributed by atoms with E-state index in [2.05, 4.69) is 0 Å². The molecule has 120 valence electrons. The fourth-order valence-corrected chi connectivity index (χ4v) is 2.49. The molecule has 0 saturated heterocycles. The van der Waals surface area contributed by atoms with E-state index in [-0.39, 0.29) is 11.4 Å². The summed E-state index contributed by atoms with van der Waals surface area (Å²) in [5, 5.41) is 21.3. The third kappa shape index (κ3) is 4.58. The van der Waals surface area contributed by atoms with Gasteiger partial charge in [-0.15, -0.1) is 0 Å². The van der Waals surface area contributed by atoms with E-state index in [9.17, 15) is 20.2 Å². The molecule has 0 aliphatic rings. The molecule has 7 heteroatoms. The maximum Gasteiger partial charge on any atom is 0.269 e. The fraction of sp³-hybridized carbons (Fsp3) is 0.250. The van der Waals surface area contributed by atoms with Gasteiger partial charge in [-0.25, -0.2) is 0 Å². The van der Waals surface area contributed by atoms with Gasteiger partial charge in [-0.3, -0.25) is 20.2 Å². The van der Waals surface area contributed by atoms with Crippen LogP contribution < -0.4 is 0 Å². The first-order valence-corrected chi connectivity index (χ1v) is 7.05. The molecule has 2 aromatic carbocycles. The van der Waals surface area contributed by atoms with E-state index >= 15 is 0 Å². The van der Waals surface area contributed by atoms with Crippen LogP contribution in [0.4, 0.5) is 11.4 Å². The second kappa shape index (κ2) is 6.53. The highest BCUT2D eigenvalue weighted by Crippen LogP contribution is 2.19. The van der Waals surface area contributed by atoms with Crippen LogP contribution in [0.15, 0.2) is 48.5 Å². The van der Waals surface area contributed by atoms with Crippen LogP contribution in [0, 0.1) is 20.2 Å². The Morgan fingerprint density at radius 3 is 1.30 bits per heavy atom. The number of quaternary nitrogens is 1. The van der Waals surface area contributed by atoms with Gasteiger partial charge in [-0.05, 0) is 24.3 Å². The Kier molecular flexibility index (Phi) is 4.71. The molecular formula is C16H18N3O4+. The summed E-state index contributed by atoms with van der Waals surface area (Å²) in [5.41, 5.74) is 2.16. The molecule has 2 rings (SSSR count). The van der Waals surface area contributed by atoms with Crippen molar-refractivity contribution in [1.29, 1.82) is 0 Å². The second-order valence-electron chi connectivity index (χ2n) is 6.10. The van der Waals surface area contributed by atoms with Crippen LogP contribution in [-0.4, -0.2) is 28.4 Å². The monoisotopic (exact) mass is 316 g/mol. The Morgan fingerprint density at radius 1 is 0.739 bits per heavy atom. The molecule has 0 aliphatic carbocycles. The summed E-state index contributed by atoms with van der Waals surface area (Å²) in [5.74, 6) is 0. The van der Waals surface area contributed by atoms with Gasteiger partial charge in [0.2, 0.25) is 0 Å². The second-order valence-corrected chi connectivity index (χ2v) is 6.10. The van der Waals surface area contributed by atoms with Crippen molar-refractivity contribution in [1.82, 2.24) is 0 Å². The average Bonchev–Trinajstić information content (AvgIpc) is 2.47. The van der Waals surface area contributed by atoms with Crippen molar-refractivity contribution >= 4 is 11.4 Å². The van der Waals surface area contributed by atoms with Crippen molar-refractivity contribution < 1.29 is 14.3 Å². The van der Waals surface area contributed by atoms with Gasteiger partial charge in [0.25, 0.3) is 11.4 Å². The van der Waals surface area contributed by atoms with Gasteiger partial charge < -0.3 is 4.48 Å². The van der Waals surface area contributed by atoms with E-state index in [1.165, 1.54) is 24.3 Å². The average molecular weight is 316 g/mol. The molecular weight excluding hydrogens is 298 g/mol. The third-order valence-electron chi connectivity index (χ3n) is 3.52. The standard InChI is InChI=1S/C16H18N3O4/c1-19(2,11-13-3-7-15(8-4-13)17(20)21)12-14-5-9-16(10-6-14)18(22)23/h3-10H,11-12H2,1-2H3/q+1. The first kappa shape index (κ1) is 16.6. The number of nitrogens with zero attached hydrogens (tertiary/aromatic N) is 3. The summed E-state index contributed by atoms with van der Waals surface area (Å²) in [6.07, 6.45) is 0. The number of nitro groups is 2. The molecule has 0 unspecified atom stereocenters. The molecule has 0 radical (unpaired) electrons. The number of hydrogen-bond donors (Lipinski definition) is 0. The third-order valence-corrected chi connectivity index (χ3v) is 3.52. The molecule has 0 N–H and O–H groups in total. The number of rotatable bonds is 6. The summed E-state index contributed by atoms with van der Waals surface area (Å²) < 4.78 is 0.635. The van der Waals surface area contributed by atoms with Gasteiger partial charge in [0, 0.05) is 35.4 Å². The van der Waals surface area contributed by atoms with Gasteiger partial charge in [0.15, 0.2) is 0 Å². The zero-order valence-corrected chi connectivity index (χ0v) is 13.0. The zero-order chi connectivity index (χ0) is 17.0. The predicted molar refractivity (Wildman–Crippen MR) is 85.7 cm³/mol. The highest BCUT2D eigenvalue weighted by molar-refractivity contribution is 5.33. The summed E-state index contributed by atoms with van der Waals surface area (Å²) in [7, 11) is 4.09. The van der Waals surface area contributed by atoms with E-state index < -0.39 is 9.85 Å². The van der Waals surface area contributed by atoms with Crippen molar-refractivity contribution in [2.75, 3.05) is 14.1 Å². The quantitative estimate of drug-likeness (QED) is 0.465. The largest absolute Gasteiger partial charge is 0.321 e. The lowest BCUT2D eigenvalue weighted by molar-refractivity contribution is -0.916. The predicted octanol–water partition coefficient (Wildman–Crippen LogP) is 3.28. The number of non-ortho nitro benzene ring substituents is 2. The summed E-state index contributed by atoms with van der Waals surface area (Å²) in [4.78, 5) is 20.5. The smallest absolute Gasteiger partial charge is 0.269 e. The first-order chi connectivity index (χ1) is 10.8. The molecule has 0 aromatic heterocycles. The van der Waals surface area contributed by atoms with Crippen molar-refractivity contribution in [3.63, 3.8) is 0 Å². The van der Waals surface area contributed by atoms with Gasteiger partial charge in [0.05, 0.1) is 23.9 Å². The topological polar surface area (TPSA) is 86.3 Å². The SMILES string of the molecule is C[N+](C)(Cc1ccc([N+](=O)[O-])cc1)Cc1ccc([N+](=O)[O-])cc1. The van der Waals surface area contributed by atoms with Crippen LogP contribution in [0.3, 0.4) is 0 Å². The highest BCUT2D eigenvalue weighted by Gasteiger charge is 2.18. The molecule has 0 aliphatic heterocycles. The Balaban J connectivity index is 2.06. The molecule has 0 heterocycles. The van der Waals surface area contributed by atoms with Crippen LogP contribution in [0.2, 0.25) is 0 Å². The number of hydrogen-bond acceptors (Lipinski definition) is 4. The molecule has 2 aromatic rings. The minimum Gasteiger partial charge on any atom is -0.321 e. The van der Waals surface area contributed by atoms with Crippen molar-refractivity contribution in [3.05, 3.63) is 79.9 Å². The summed E-state index contributed by atoms with van der Waals surface area (Å²) in [6.45, 7) is 1.41. The lowest BCUT2D eigenvalue weighted by atomic mass is 10.1. The van der Waals surface area contributed by atoms with Crippen molar-refractivity contribution in [2.24, 2.45) is 0 Å². The molecule has 0 fully saturated rings. The molecule has 0 saturated carbocycles. The van der Waals surface area contributed by atoms with Gasteiger partial charge in [0.1, 0.15) is 13.1 Å². The van der Waals surface area contributed by atoms with Crippen LogP contribution in [-0.2, 0) is 13.1 Å². The van der Waals surface area contributed by atoms with E-state index in [1.54, 1.807) is 24.3 Å². The van der Waals surface area contributed by atoms with Gasteiger partial charge in [-0.1, -0.05) is 0 Å². The normalized spacial score (nSPS) is 11.2. The van der Waals surface area contributed by atoms with E-state index in [4.69, 9.17) is 0 Å². The molecule has 0 atom stereocenters. The Labute approximate surface area is 133 Å². The lowest BCUT2D eigenvalue weighted by Gasteiger charge is -2.30. The van der Waals surface area contributed by atoms with Gasteiger partial charge >= 0.3 is 0 Å². The molecule has 0 spiro atoms. The molecule has 23 heavy (non-hydrogen) atoms. The number of nitro benzene ring substituents is 2. The van der Waals surface area contributed by atoms with Crippen molar-refractivity contribution in [3.8, 4) is 0 Å². The van der Waals surface area contributed by atoms with Gasteiger partial charge in [-0.2, -0.15) is 0 Å². The first-order valence-electron chi connectivity index (χ1n) is 7.05. The fourth-order valence-electron chi connectivity index (χ4n) is 2.49. The minimum absolute atomic E-state index is 0.0782. The Hall–Kier alpha value is -2.80. The van der Waals surface area contributed by atoms with E-state index in [0.29, 0.717) is 17.6 Å². The molecule has 0 bridgehead atoms. The van der Waals surface area contributed by atoms with E-state index in [0.717, 1.165) is 11.1 Å². The minimum atomic E-state index is -0.416. The maximum atomic E-state index is 10.7. The van der Waals surface area contributed by atoms with Crippen LogP contribution >= 0.6 is 0 Å². The molecule has 0 amide bonds. The van der Waals surface area contributed by atoms with Crippen molar-refractivity contribution in [2.45, 2.75) is 13.1 Å². The van der Waals surface area contributed by atoms with Crippen LogP contribution in [0.1, 0.15) is 11.1 Å². The van der Waals surface area contributed by atoms with Crippen LogP contribution in [0.25, 0.3) is 0 Å². The lowest BCUT2D eigenvalue weighted by Crippen LogP contribution is -2.37. The summed E-state index contributed by atoms with van der Waals surface area (Å²) >= 11 is 0. The van der Waals surface area contributed by atoms with E-state index in [1.807, 2.05) is 14.1 Å². The molecule has 7 nitrogen and oxygen atoms in total. The summed E-state index contributed by atoms with van der Waals surface area (Å²) in [6, 6.07) is 13.0. The Morgan fingerprint density at radius 2 is 1.04 bits per heavy atom. The zero-order valence-electron chi connectivity index (χ0n) is 13.0. The highest BCUT2D eigenvalue weighted by atomic mass is 16.6. The number of benzene rings is 2. The van der Waals surface area contributed by atoms with Crippen LogP contribution in [0.5, 0.6) is 0 Å². The Bertz CT molecular complexity index is 648. The maximum absolute atomic E-state index is 10.7.